The number of hydrogen-bond donors (Lipinski definition) is 0. The normalized spacial score (nSPS) is 11.4. The molecule has 0 bridgehead atoms. The van der Waals surface area contributed by atoms with Gasteiger partial charge in [0.1, 0.15) is 0 Å². The zero-order chi connectivity index (χ0) is 18.6. The largest absolute Gasteiger partial charge is 0.454 e. The number of sulfone groups is 1. The summed E-state index contributed by atoms with van der Waals surface area (Å²) in [5.74, 6) is -0.326. The Bertz CT molecular complexity index is 967. The van der Waals surface area contributed by atoms with Crippen molar-refractivity contribution >= 4 is 9.84 Å². The second-order valence-corrected chi connectivity index (χ2v) is 7.66. The van der Waals surface area contributed by atoms with Gasteiger partial charge in [-0.05, 0) is 42.4 Å². The molecule has 0 saturated heterocycles. The predicted octanol–water partition coefficient (Wildman–Crippen LogP) is 2.46. The van der Waals surface area contributed by atoms with Crippen molar-refractivity contribution in [1.82, 2.24) is 5.16 Å². The van der Waals surface area contributed by atoms with Crippen molar-refractivity contribution in [3.63, 3.8) is 0 Å². The molecule has 8 heteroatoms. The van der Waals surface area contributed by atoms with Gasteiger partial charge in [-0.2, -0.15) is 0 Å². The Kier molecular flexibility index (Phi) is 5.22. The number of hydrogen-bond acceptors (Lipinski definition) is 6. The van der Waals surface area contributed by atoms with E-state index in [1.807, 2.05) is 31.2 Å². The number of nitrogens with zero attached hydrogens (tertiary/aromatic N) is 2. The van der Waals surface area contributed by atoms with Crippen LogP contribution in [0.3, 0.4) is 0 Å². The number of ether oxygens (including phenoxy) is 1. The van der Waals surface area contributed by atoms with Crippen molar-refractivity contribution < 1.29 is 22.7 Å². The van der Waals surface area contributed by atoms with Crippen LogP contribution in [0.25, 0.3) is 0 Å². The second-order valence-electron chi connectivity index (χ2n) is 5.79. The number of benzene rings is 2. The van der Waals surface area contributed by atoms with Gasteiger partial charge in [0.25, 0.3) is 9.84 Å². The highest BCUT2D eigenvalue weighted by molar-refractivity contribution is 7.91. The smallest absolute Gasteiger partial charge is 0.414 e. The van der Waals surface area contributed by atoms with E-state index in [0.717, 1.165) is 12.0 Å². The van der Waals surface area contributed by atoms with Gasteiger partial charge in [-0.25, -0.2) is 8.42 Å². The SMILES string of the molecule is Cc1ccc(CCCOc2no[n+]([O-])c2S(=O)(=O)c2ccccc2)cc1. The maximum Gasteiger partial charge on any atom is 0.414 e. The van der Waals surface area contributed by atoms with Gasteiger partial charge in [0.15, 0.2) is 0 Å². The minimum atomic E-state index is -4.08. The molecule has 3 rings (SSSR count). The van der Waals surface area contributed by atoms with Crippen LogP contribution in [0, 0.1) is 12.1 Å². The van der Waals surface area contributed by atoms with Gasteiger partial charge < -0.3 is 9.94 Å². The third kappa shape index (κ3) is 3.85. The van der Waals surface area contributed by atoms with Gasteiger partial charge in [0.05, 0.1) is 16.7 Å². The first kappa shape index (κ1) is 17.9. The molecule has 0 aliphatic carbocycles. The Morgan fingerprint density at radius 3 is 2.50 bits per heavy atom. The van der Waals surface area contributed by atoms with Crippen LogP contribution in [-0.4, -0.2) is 20.2 Å². The predicted molar refractivity (Wildman–Crippen MR) is 92.4 cm³/mol. The highest BCUT2D eigenvalue weighted by Crippen LogP contribution is 2.25. The van der Waals surface area contributed by atoms with E-state index in [2.05, 4.69) is 9.79 Å². The molecular weight excluding hydrogens is 356 g/mol. The monoisotopic (exact) mass is 374 g/mol. The van der Waals surface area contributed by atoms with Crippen molar-refractivity contribution in [3.8, 4) is 5.88 Å². The van der Waals surface area contributed by atoms with Crippen LogP contribution < -0.4 is 9.64 Å². The van der Waals surface area contributed by atoms with Crippen LogP contribution in [0.5, 0.6) is 5.88 Å². The lowest BCUT2D eigenvalue weighted by Crippen LogP contribution is -2.31. The van der Waals surface area contributed by atoms with Crippen LogP contribution in [-0.2, 0) is 16.3 Å². The summed E-state index contributed by atoms with van der Waals surface area (Å²) in [7, 11) is -4.08. The van der Waals surface area contributed by atoms with E-state index >= 15 is 0 Å². The molecule has 0 unspecified atom stereocenters. The van der Waals surface area contributed by atoms with Crippen molar-refractivity contribution in [1.29, 1.82) is 0 Å². The maximum atomic E-state index is 12.6. The van der Waals surface area contributed by atoms with Crippen LogP contribution >= 0.6 is 0 Å². The fourth-order valence-corrected chi connectivity index (χ4v) is 3.74. The Balaban J connectivity index is 1.69. The van der Waals surface area contributed by atoms with Gasteiger partial charge in [0, 0.05) is 0 Å². The zero-order valence-electron chi connectivity index (χ0n) is 14.2. The van der Waals surface area contributed by atoms with E-state index in [1.54, 1.807) is 18.2 Å². The lowest BCUT2D eigenvalue weighted by Gasteiger charge is -2.04. The van der Waals surface area contributed by atoms with E-state index in [9.17, 15) is 13.6 Å². The summed E-state index contributed by atoms with van der Waals surface area (Å²) in [4.78, 5) is -0.172. The summed E-state index contributed by atoms with van der Waals surface area (Å²) >= 11 is 0. The zero-order valence-corrected chi connectivity index (χ0v) is 15.0. The average Bonchev–Trinajstić information content (AvgIpc) is 3.02. The summed E-state index contributed by atoms with van der Waals surface area (Å²) in [5, 5.41) is 14.6. The molecular formula is C18H18N2O5S. The number of rotatable bonds is 7. The van der Waals surface area contributed by atoms with Crippen LogP contribution in [0.2, 0.25) is 0 Å². The van der Waals surface area contributed by atoms with Crippen LogP contribution in [0.4, 0.5) is 0 Å². The highest BCUT2D eigenvalue weighted by atomic mass is 32.2. The van der Waals surface area contributed by atoms with Gasteiger partial charge in [-0.15, -0.1) is 0 Å². The first-order chi connectivity index (χ1) is 12.5. The van der Waals surface area contributed by atoms with Crippen LogP contribution in [0.1, 0.15) is 17.5 Å². The molecule has 0 aliphatic rings. The molecule has 0 amide bonds. The molecule has 0 aliphatic heterocycles. The summed E-state index contributed by atoms with van der Waals surface area (Å²) in [6.45, 7) is 2.22. The van der Waals surface area contributed by atoms with Gasteiger partial charge in [-0.1, -0.05) is 48.0 Å². The minimum absolute atomic E-state index is 0.0303. The first-order valence-corrected chi connectivity index (χ1v) is 9.55. The molecule has 0 saturated carbocycles. The maximum absolute atomic E-state index is 12.6. The Labute approximate surface area is 151 Å². The molecule has 0 spiro atoms. The Hall–Kier alpha value is -2.87. The molecule has 7 nitrogen and oxygen atoms in total. The quantitative estimate of drug-likeness (QED) is 0.466. The van der Waals surface area contributed by atoms with Crippen molar-refractivity contribution in [2.24, 2.45) is 0 Å². The van der Waals surface area contributed by atoms with Gasteiger partial charge in [-0.3, -0.25) is 4.63 Å². The molecule has 3 aromatic rings. The third-order valence-corrected chi connectivity index (χ3v) is 5.55. The average molecular weight is 374 g/mol. The summed E-state index contributed by atoms with van der Waals surface area (Å²) in [6, 6.07) is 15.7. The van der Waals surface area contributed by atoms with Gasteiger partial charge >= 0.3 is 10.9 Å². The summed E-state index contributed by atoms with van der Waals surface area (Å²) < 4.78 is 35.1. The number of aromatic nitrogens is 2. The Morgan fingerprint density at radius 2 is 1.81 bits per heavy atom. The fraction of sp³-hybridized carbons (Fsp3) is 0.222. The van der Waals surface area contributed by atoms with E-state index < -0.39 is 14.9 Å². The molecule has 1 aromatic heterocycles. The van der Waals surface area contributed by atoms with E-state index in [0.29, 0.717) is 6.42 Å². The van der Waals surface area contributed by atoms with E-state index in [-0.39, 0.29) is 22.3 Å². The molecule has 0 radical (unpaired) electrons. The third-order valence-electron chi connectivity index (χ3n) is 3.82. The fourth-order valence-electron chi connectivity index (χ4n) is 2.44. The lowest BCUT2D eigenvalue weighted by molar-refractivity contribution is -0.832. The molecule has 136 valence electrons. The van der Waals surface area contributed by atoms with Gasteiger partial charge in [0.2, 0.25) is 0 Å². The highest BCUT2D eigenvalue weighted by Gasteiger charge is 2.35. The molecule has 0 fully saturated rings. The standard InChI is InChI=1S/C18H18N2O5S/c1-14-9-11-15(12-10-14)6-5-13-24-17-18(20(21)25-19-17)26(22,23)16-7-3-2-4-8-16/h2-4,7-12H,5-6,13H2,1H3. The van der Waals surface area contributed by atoms with Crippen molar-refractivity contribution in [3.05, 3.63) is 70.9 Å². The summed E-state index contributed by atoms with van der Waals surface area (Å²) in [6.07, 6.45) is 1.40. The molecule has 0 atom stereocenters. The molecule has 1 heterocycles. The van der Waals surface area contributed by atoms with E-state index in [4.69, 9.17) is 4.74 Å². The first-order valence-electron chi connectivity index (χ1n) is 8.06. The van der Waals surface area contributed by atoms with Crippen LogP contribution in [0.15, 0.2) is 69.1 Å². The number of aryl methyl sites for hydroxylation is 2. The lowest BCUT2D eigenvalue weighted by atomic mass is 10.1. The topological polar surface area (TPSA) is 96.3 Å². The molecule has 26 heavy (non-hydrogen) atoms. The minimum Gasteiger partial charge on any atom is -0.454 e. The Morgan fingerprint density at radius 1 is 1.12 bits per heavy atom. The van der Waals surface area contributed by atoms with E-state index in [1.165, 1.54) is 17.7 Å². The second kappa shape index (κ2) is 7.57. The summed E-state index contributed by atoms with van der Waals surface area (Å²) in [5.41, 5.74) is 2.33. The molecule has 2 aromatic carbocycles. The van der Waals surface area contributed by atoms with Crippen molar-refractivity contribution in [2.75, 3.05) is 6.61 Å². The van der Waals surface area contributed by atoms with Crippen molar-refractivity contribution in [2.45, 2.75) is 29.7 Å². The molecule has 0 N–H and O–H groups in total.